The Kier molecular flexibility index (Phi) is 11.7. The summed E-state index contributed by atoms with van der Waals surface area (Å²) in [6.07, 6.45) is 1.77. The zero-order valence-corrected chi connectivity index (χ0v) is 8.17. The Labute approximate surface area is 73.3 Å². The molecule has 1 rings (SSSR count). The van der Waals surface area contributed by atoms with Crippen molar-refractivity contribution in [1.29, 1.82) is 0 Å². The van der Waals surface area contributed by atoms with E-state index in [1.165, 1.54) is 0 Å². The molecule has 0 fully saturated rings. The van der Waals surface area contributed by atoms with E-state index in [0.717, 1.165) is 0 Å². The molecule has 10 heavy (non-hydrogen) atoms. The molecule has 1 aromatic heterocycles. The third-order valence-electron chi connectivity index (χ3n) is 0.347. The van der Waals surface area contributed by atoms with Gasteiger partial charge in [-0.2, -0.15) is 0 Å². The molecule has 1 aromatic rings. The molecule has 0 saturated heterocycles. The predicted octanol–water partition coefficient (Wildman–Crippen LogP) is 1.35. The molecular formula is C3H6BrNO3PS+. The molecule has 4 nitrogen and oxygen atoms in total. The fourth-order valence-corrected chi connectivity index (χ4v) is 0.527. The SMILES string of the molecule is Br.O=[P+](O)O.c1cscn1. The van der Waals surface area contributed by atoms with E-state index in [-0.39, 0.29) is 17.0 Å². The summed E-state index contributed by atoms with van der Waals surface area (Å²) >= 11 is 1.60. The monoisotopic (exact) mass is 246 g/mol. The largest absolute Gasteiger partial charge is 0.692 e. The van der Waals surface area contributed by atoms with Crippen LogP contribution in [-0.4, -0.2) is 14.8 Å². The van der Waals surface area contributed by atoms with Crippen LogP contribution in [0.25, 0.3) is 0 Å². The number of aromatic nitrogens is 1. The summed E-state index contributed by atoms with van der Waals surface area (Å²) in [6.45, 7) is 0. The van der Waals surface area contributed by atoms with Crippen molar-refractivity contribution < 1.29 is 14.4 Å². The molecule has 0 aliphatic carbocycles. The van der Waals surface area contributed by atoms with Gasteiger partial charge >= 0.3 is 8.25 Å². The lowest BCUT2D eigenvalue weighted by Gasteiger charge is -1.41. The molecule has 7 heteroatoms. The highest BCUT2D eigenvalue weighted by atomic mass is 79.9. The lowest BCUT2D eigenvalue weighted by molar-refractivity contribution is 0.405. The molecule has 0 unspecified atom stereocenters. The molecule has 0 saturated carbocycles. The molecule has 58 valence electrons. The molecule has 0 aromatic carbocycles. The van der Waals surface area contributed by atoms with E-state index in [1.807, 2.05) is 5.38 Å². The molecule has 0 aliphatic heterocycles. The van der Waals surface area contributed by atoms with Gasteiger partial charge in [-0.05, 0) is 0 Å². The minimum atomic E-state index is -2.87. The highest BCUT2D eigenvalue weighted by molar-refractivity contribution is 8.93. The molecule has 0 radical (unpaired) electrons. The van der Waals surface area contributed by atoms with Gasteiger partial charge in [-0.1, -0.05) is 0 Å². The van der Waals surface area contributed by atoms with Crippen LogP contribution in [0.2, 0.25) is 0 Å². The van der Waals surface area contributed by atoms with Crippen LogP contribution in [0.5, 0.6) is 0 Å². The second-order valence-corrected chi connectivity index (χ2v) is 2.19. The van der Waals surface area contributed by atoms with Gasteiger partial charge in [-0.15, -0.1) is 38.1 Å². The van der Waals surface area contributed by atoms with Crippen molar-refractivity contribution in [2.45, 2.75) is 0 Å². The van der Waals surface area contributed by atoms with Crippen molar-refractivity contribution >= 4 is 36.6 Å². The number of hydrogen-bond acceptors (Lipinski definition) is 3. The van der Waals surface area contributed by atoms with Gasteiger partial charge in [-0.3, -0.25) is 4.98 Å². The number of thiazole rings is 1. The van der Waals surface area contributed by atoms with Crippen LogP contribution in [0.1, 0.15) is 0 Å². The number of hydrogen-bond donors (Lipinski definition) is 2. The van der Waals surface area contributed by atoms with Gasteiger partial charge in [0.1, 0.15) is 0 Å². The number of rotatable bonds is 0. The summed E-state index contributed by atoms with van der Waals surface area (Å²) in [4.78, 5) is 18.0. The van der Waals surface area contributed by atoms with Crippen molar-refractivity contribution in [2.24, 2.45) is 0 Å². The minimum absolute atomic E-state index is 0. The second-order valence-electron chi connectivity index (χ2n) is 0.928. The first-order chi connectivity index (χ1) is 4.23. The first-order valence-corrected chi connectivity index (χ1v) is 4.01. The van der Waals surface area contributed by atoms with Gasteiger partial charge in [0.15, 0.2) is 0 Å². The summed E-state index contributed by atoms with van der Waals surface area (Å²) < 4.78 is 8.70. The van der Waals surface area contributed by atoms with Crippen LogP contribution in [0.3, 0.4) is 0 Å². The summed E-state index contributed by atoms with van der Waals surface area (Å²) in [5.74, 6) is 0. The highest BCUT2D eigenvalue weighted by Crippen LogP contribution is 1.98. The lowest BCUT2D eigenvalue weighted by atomic mass is 11.0. The fraction of sp³-hybridized carbons (Fsp3) is 0. The van der Waals surface area contributed by atoms with Gasteiger partial charge in [0, 0.05) is 16.1 Å². The zero-order chi connectivity index (χ0) is 7.11. The summed E-state index contributed by atoms with van der Waals surface area (Å²) in [5, 5.41) is 1.93. The topological polar surface area (TPSA) is 70.4 Å². The van der Waals surface area contributed by atoms with Gasteiger partial charge in [0.05, 0.1) is 5.51 Å². The normalized spacial score (nSPS) is 6.60. The molecule has 2 N–H and O–H groups in total. The summed E-state index contributed by atoms with van der Waals surface area (Å²) in [6, 6.07) is 0. The standard InChI is InChI=1S/C3H3NS.BrH.HO3P/c1-2-5-3-4-1;;1-4(2)3/h1-3H;1H;(H-,1,2,3)/p+1. The first kappa shape index (κ1) is 12.8. The van der Waals surface area contributed by atoms with E-state index in [0.29, 0.717) is 0 Å². The van der Waals surface area contributed by atoms with E-state index in [9.17, 15) is 0 Å². The summed E-state index contributed by atoms with van der Waals surface area (Å²) in [5.41, 5.74) is 1.79. The van der Waals surface area contributed by atoms with E-state index in [2.05, 4.69) is 4.98 Å². The Morgan fingerprint density at radius 2 is 2.00 bits per heavy atom. The molecule has 0 bridgehead atoms. The second kappa shape index (κ2) is 9.13. The average molecular weight is 247 g/mol. The molecule has 0 aliphatic rings. The van der Waals surface area contributed by atoms with E-state index in [1.54, 1.807) is 23.0 Å². The van der Waals surface area contributed by atoms with Gasteiger partial charge in [0.25, 0.3) is 0 Å². The maximum Gasteiger partial charge on any atom is 0.692 e. The predicted molar refractivity (Wildman–Crippen MR) is 44.5 cm³/mol. The molecule has 1 heterocycles. The van der Waals surface area contributed by atoms with E-state index >= 15 is 0 Å². The Hall–Kier alpha value is 0.130. The van der Waals surface area contributed by atoms with Crippen molar-refractivity contribution in [3.05, 3.63) is 17.1 Å². The molecular weight excluding hydrogens is 241 g/mol. The zero-order valence-electron chi connectivity index (χ0n) is 4.75. The third-order valence-corrected chi connectivity index (χ3v) is 0.869. The van der Waals surface area contributed by atoms with Crippen LogP contribution in [0.15, 0.2) is 17.1 Å². The van der Waals surface area contributed by atoms with E-state index < -0.39 is 8.25 Å². The maximum atomic E-state index is 8.70. The van der Waals surface area contributed by atoms with Crippen molar-refractivity contribution in [3.8, 4) is 0 Å². The van der Waals surface area contributed by atoms with Crippen molar-refractivity contribution in [1.82, 2.24) is 4.98 Å². The number of halogens is 1. The Balaban J connectivity index is 0. The van der Waals surface area contributed by atoms with Crippen LogP contribution in [-0.2, 0) is 4.57 Å². The molecule has 0 spiro atoms. The lowest BCUT2D eigenvalue weighted by Crippen LogP contribution is -1.38. The molecule has 0 amide bonds. The maximum absolute atomic E-state index is 8.70. The Bertz CT molecular complexity index is 138. The van der Waals surface area contributed by atoms with Crippen molar-refractivity contribution in [2.75, 3.05) is 0 Å². The van der Waals surface area contributed by atoms with E-state index in [4.69, 9.17) is 14.4 Å². The third kappa shape index (κ3) is 15.7. The Morgan fingerprint density at radius 1 is 1.50 bits per heavy atom. The van der Waals surface area contributed by atoms with Crippen LogP contribution >= 0.6 is 36.6 Å². The van der Waals surface area contributed by atoms with Crippen LogP contribution in [0, 0.1) is 0 Å². The van der Waals surface area contributed by atoms with Gasteiger partial charge in [-0.25, -0.2) is 0 Å². The Morgan fingerprint density at radius 3 is 2.10 bits per heavy atom. The minimum Gasteiger partial charge on any atom is -0.253 e. The number of nitrogens with zero attached hydrogens (tertiary/aromatic N) is 1. The highest BCUT2D eigenvalue weighted by Gasteiger charge is 1.93. The molecule has 0 atom stereocenters. The van der Waals surface area contributed by atoms with Gasteiger partial charge in [0.2, 0.25) is 0 Å². The first-order valence-electron chi connectivity index (χ1n) is 1.90. The average Bonchev–Trinajstić information content (AvgIpc) is 2.11. The smallest absolute Gasteiger partial charge is 0.253 e. The van der Waals surface area contributed by atoms with Gasteiger partial charge < -0.3 is 0 Å². The summed E-state index contributed by atoms with van der Waals surface area (Å²) in [7, 11) is -2.87. The van der Waals surface area contributed by atoms with Crippen LogP contribution < -0.4 is 0 Å². The van der Waals surface area contributed by atoms with Crippen molar-refractivity contribution in [3.63, 3.8) is 0 Å². The van der Waals surface area contributed by atoms with Crippen LogP contribution in [0.4, 0.5) is 0 Å². The fourth-order valence-electron chi connectivity index (χ4n) is 0.176. The quantitative estimate of drug-likeness (QED) is 0.679.